The molecular weight excluding hydrogens is 636 g/mol. The molecule has 4 aromatic rings. The van der Waals surface area contributed by atoms with Crippen LogP contribution in [0, 0.1) is 0 Å². The summed E-state index contributed by atoms with van der Waals surface area (Å²) < 4.78 is 6.33. The first-order chi connectivity index (χ1) is 20.9. The van der Waals surface area contributed by atoms with Gasteiger partial charge in [-0.2, -0.15) is 0 Å². The van der Waals surface area contributed by atoms with Gasteiger partial charge < -0.3 is 26.0 Å². The molecule has 1 aliphatic rings. The normalized spacial score (nSPS) is 13.6. The first kappa shape index (κ1) is 30.4. The first-order valence-electron chi connectivity index (χ1n) is 13.7. The largest absolute Gasteiger partial charge is 0.379 e. The number of anilines is 5. The van der Waals surface area contributed by atoms with Crippen molar-refractivity contribution in [2.24, 2.45) is 0 Å². The van der Waals surface area contributed by atoms with Gasteiger partial charge in [0.1, 0.15) is 18.0 Å². The summed E-state index contributed by atoms with van der Waals surface area (Å²) in [7, 11) is 0. The average Bonchev–Trinajstić information content (AvgIpc) is 3.01. The molecule has 0 bridgehead atoms. The molecule has 0 aliphatic carbocycles. The Bertz CT molecular complexity index is 1610. The van der Waals surface area contributed by atoms with E-state index in [-0.39, 0.29) is 11.7 Å². The lowest BCUT2D eigenvalue weighted by molar-refractivity contribution is -0.117. The number of aromatic nitrogens is 3. The number of rotatable bonds is 11. The average molecular weight is 666 g/mol. The van der Waals surface area contributed by atoms with Crippen LogP contribution in [0.15, 0.2) is 77.7 Å². The third kappa shape index (κ3) is 8.94. The second-order valence-electron chi connectivity index (χ2n) is 9.68. The van der Waals surface area contributed by atoms with Gasteiger partial charge >= 0.3 is 0 Å². The molecule has 2 aromatic heterocycles. The number of amides is 2. The van der Waals surface area contributed by atoms with Crippen molar-refractivity contribution in [1.82, 2.24) is 25.2 Å². The van der Waals surface area contributed by atoms with Crippen molar-refractivity contribution in [3.63, 3.8) is 0 Å². The van der Waals surface area contributed by atoms with Gasteiger partial charge in [0, 0.05) is 53.0 Å². The summed E-state index contributed by atoms with van der Waals surface area (Å²) in [6.45, 7) is 4.73. The standard InChI is InChI=1S/C30H30BrClN8O3/c31-20-2-4-21(5-3-20)37-25-7-6-22(16-24(25)32)38-30-23-17-27(34-18-26(23)35-19-36-30)39-29(42)9-8-28(41)33-10-1-11-40-12-14-43-15-13-40/h2-9,16-19,37H,1,10-15H2,(H,33,41)(H,34,39,42)(H,35,36,38). The fraction of sp³-hybridized carbons (Fsp3) is 0.233. The van der Waals surface area contributed by atoms with E-state index in [0.717, 1.165) is 55.1 Å². The second kappa shape index (κ2) is 14.9. The predicted octanol–water partition coefficient (Wildman–Crippen LogP) is 5.26. The topological polar surface area (TPSA) is 133 Å². The number of morpholine rings is 1. The molecule has 222 valence electrons. The molecule has 2 amide bonds. The van der Waals surface area contributed by atoms with Gasteiger partial charge in [-0.25, -0.2) is 15.0 Å². The zero-order valence-corrected chi connectivity index (χ0v) is 25.5. The van der Waals surface area contributed by atoms with Gasteiger partial charge in [0.25, 0.3) is 0 Å². The van der Waals surface area contributed by atoms with Crippen molar-refractivity contribution < 1.29 is 14.3 Å². The summed E-state index contributed by atoms with van der Waals surface area (Å²) in [6.07, 6.45) is 6.18. The number of pyridine rings is 1. The third-order valence-electron chi connectivity index (χ3n) is 6.57. The van der Waals surface area contributed by atoms with Crippen molar-refractivity contribution in [3.8, 4) is 0 Å². The van der Waals surface area contributed by atoms with Crippen LogP contribution in [0.1, 0.15) is 6.42 Å². The van der Waals surface area contributed by atoms with E-state index in [1.165, 1.54) is 18.5 Å². The lowest BCUT2D eigenvalue weighted by atomic mass is 10.2. The Hall–Kier alpha value is -4.10. The number of carbonyl (C=O) groups excluding carboxylic acids is 2. The minimum Gasteiger partial charge on any atom is -0.379 e. The Kier molecular flexibility index (Phi) is 10.5. The smallest absolute Gasteiger partial charge is 0.249 e. The summed E-state index contributed by atoms with van der Waals surface area (Å²) in [5, 5.41) is 13.2. The molecule has 3 heterocycles. The van der Waals surface area contributed by atoms with Gasteiger partial charge in [-0.15, -0.1) is 0 Å². The molecule has 1 aliphatic heterocycles. The number of carbonyl (C=O) groups is 2. The van der Waals surface area contributed by atoms with Crippen molar-refractivity contribution in [3.05, 3.63) is 82.7 Å². The van der Waals surface area contributed by atoms with Crippen molar-refractivity contribution in [2.45, 2.75) is 6.42 Å². The van der Waals surface area contributed by atoms with Crippen LogP contribution in [-0.4, -0.2) is 71.1 Å². The fourth-order valence-electron chi connectivity index (χ4n) is 4.36. The molecule has 43 heavy (non-hydrogen) atoms. The van der Waals surface area contributed by atoms with Gasteiger partial charge in [0.2, 0.25) is 11.8 Å². The summed E-state index contributed by atoms with van der Waals surface area (Å²) in [6, 6.07) is 15.0. The zero-order valence-electron chi connectivity index (χ0n) is 23.1. The van der Waals surface area contributed by atoms with E-state index < -0.39 is 5.91 Å². The number of nitrogens with one attached hydrogen (secondary N) is 4. The maximum Gasteiger partial charge on any atom is 0.249 e. The van der Waals surface area contributed by atoms with Crippen LogP contribution in [0.25, 0.3) is 10.9 Å². The molecule has 1 fully saturated rings. The lowest BCUT2D eigenvalue weighted by Crippen LogP contribution is -2.38. The maximum absolute atomic E-state index is 12.5. The van der Waals surface area contributed by atoms with Crippen molar-refractivity contribution >= 4 is 78.9 Å². The maximum atomic E-state index is 12.5. The van der Waals surface area contributed by atoms with E-state index >= 15 is 0 Å². The number of nitrogens with zero attached hydrogens (tertiary/aromatic N) is 4. The van der Waals surface area contributed by atoms with E-state index in [2.05, 4.69) is 57.0 Å². The van der Waals surface area contributed by atoms with Crippen LogP contribution in [0.3, 0.4) is 0 Å². The molecule has 0 saturated carbocycles. The molecule has 5 rings (SSSR count). The highest BCUT2D eigenvalue weighted by Gasteiger charge is 2.11. The molecule has 1 saturated heterocycles. The number of fused-ring (bicyclic) bond motifs is 1. The van der Waals surface area contributed by atoms with Gasteiger partial charge in [-0.05, 0) is 61.5 Å². The highest BCUT2D eigenvalue weighted by molar-refractivity contribution is 9.10. The summed E-state index contributed by atoms with van der Waals surface area (Å²) in [4.78, 5) is 39.8. The lowest BCUT2D eigenvalue weighted by Gasteiger charge is -2.26. The first-order valence-corrected chi connectivity index (χ1v) is 14.9. The molecule has 13 heteroatoms. The van der Waals surface area contributed by atoms with Crippen LogP contribution < -0.4 is 21.3 Å². The summed E-state index contributed by atoms with van der Waals surface area (Å²) in [5.74, 6) is -0.0138. The number of hydrogen-bond donors (Lipinski definition) is 4. The van der Waals surface area contributed by atoms with Crippen LogP contribution in [0.4, 0.5) is 28.7 Å². The Morgan fingerprint density at radius 2 is 1.72 bits per heavy atom. The molecule has 0 atom stereocenters. The number of halogens is 2. The van der Waals surface area contributed by atoms with Gasteiger partial charge in [0.05, 0.1) is 35.6 Å². The minimum atomic E-state index is -0.484. The molecule has 0 spiro atoms. The zero-order chi connectivity index (χ0) is 30.0. The molecule has 0 radical (unpaired) electrons. The quantitative estimate of drug-likeness (QED) is 0.125. The highest BCUT2D eigenvalue weighted by Crippen LogP contribution is 2.31. The van der Waals surface area contributed by atoms with Crippen LogP contribution in [0.2, 0.25) is 5.02 Å². The van der Waals surface area contributed by atoms with E-state index in [1.54, 1.807) is 18.3 Å². The summed E-state index contributed by atoms with van der Waals surface area (Å²) >= 11 is 9.99. The third-order valence-corrected chi connectivity index (χ3v) is 7.41. The van der Waals surface area contributed by atoms with E-state index in [0.29, 0.717) is 34.0 Å². The van der Waals surface area contributed by atoms with Crippen LogP contribution >= 0.6 is 27.5 Å². The Balaban J connectivity index is 1.17. The molecule has 0 unspecified atom stereocenters. The van der Waals surface area contributed by atoms with Crippen molar-refractivity contribution in [1.29, 1.82) is 0 Å². The summed E-state index contributed by atoms with van der Waals surface area (Å²) in [5.41, 5.74) is 2.96. The van der Waals surface area contributed by atoms with Gasteiger partial charge in [-0.1, -0.05) is 27.5 Å². The Labute approximate surface area is 262 Å². The fourth-order valence-corrected chi connectivity index (χ4v) is 4.86. The second-order valence-corrected chi connectivity index (χ2v) is 11.0. The van der Waals surface area contributed by atoms with E-state index in [4.69, 9.17) is 16.3 Å². The SMILES string of the molecule is O=C(C=CC(=O)Nc1cc2c(Nc3ccc(Nc4ccc(Br)cc4)c(Cl)c3)ncnc2cn1)NCCCN1CCOCC1. The Morgan fingerprint density at radius 3 is 2.51 bits per heavy atom. The predicted molar refractivity (Wildman–Crippen MR) is 172 cm³/mol. The van der Waals surface area contributed by atoms with Crippen LogP contribution in [0.5, 0.6) is 0 Å². The van der Waals surface area contributed by atoms with Crippen LogP contribution in [-0.2, 0) is 14.3 Å². The molecule has 11 nitrogen and oxygen atoms in total. The van der Waals surface area contributed by atoms with Gasteiger partial charge in [-0.3, -0.25) is 14.5 Å². The van der Waals surface area contributed by atoms with Crippen molar-refractivity contribution in [2.75, 3.05) is 55.3 Å². The number of benzene rings is 2. The van der Waals surface area contributed by atoms with E-state index in [9.17, 15) is 9.59 Å². The molecule has 2 aromatic carbocycles. The number of hydrogen-bond acceptors (Lipinski definition) is 9. The Morgan fingerprint density at radius 1 is 0.953 bits per heavy atom. The van der Waals surface area contributed by atoms with E-state index in [1.807, 2.05) is 36.4 Å². The molecular formula is C30H30BrClN8O3. The molecule has 4 N–H and O–H groups in total. The highest BCUT2D eigenvalue weighted by atomic mass is 79.9. The monoisotopic (exact) mass is 664 g/mol. The number of ether oxygens (including phenoxy) is 1. The minimum absolute atomic E-state index is 0.290. The van der Waals surface area contributed by atoms with Gasteiger partial charge in [0.15, 0.2) is 0 Å².